The number of benzene rings is 2. The smallest absolute Gasteiger partial charge is 0.222 e. The van der Waals surface area contributed by atoms with E-state index in [9.17, 15) is 0 Å². The highest BCUT2D eigenvalue weighted by Gasteiger charge is 2.16. The molecule has 1 fully saturated rings. The number of nitrogens with two attached hydrogens (primary N) is 1. The van der Waals surface area contributed by atoms with Crippen LogP contribution in [0.4, 0.5) is 0 Å². The first-order chi connectivity index (χ1) is 16.3. The summed E-state index contributed by atoms with van der Waals surface area (Å²) in [5, 5.41) is 0.936. The highest BCUT2D eigenvalue weighted by Crippen LogP contribution is 2.35. The van der Waals surface area contributed by atoms with Crippen LogP contribution in [0.15, 0.2) is 72.9 Å². The summed E-state index contributed by atoms with van der Waals surface area (Å²) < 4.78 is 11.7. The normalized spacial score (nSPS) is 14.5. The first-order valence-electron chi connectivity index (χ1n) is 11.7. The minimum atomic E-state index is 0.525. The van der Waals surface area contributed by atoms with Crippen LogP contribution in [0.1, 0.15) is 24.8 Å². The molecule has 1 aliphatic heterocycles. The molecule has 0 radical (unpaired) electrons. The Labute approximate surface area is 194 Å². The van der Waals surface area contributed by atoms with Gasteiger partial charge in [-0.3, -0.25) is 0 Å². The van der Waals surface area contributed by atoms with Crippen LogP contribution in [0, 0.1) is 5.92 Å². The van der Waals surface area contributed by atoms with Gasteiger partial charge in [-0.2, -0.15) is 0 Å². The van der Waals surface area contributed by atoms with Gasteiger partial charge in [-0.15, -0.1) is 0 Å². The monoisotopic (exact) mass is 439 g/mol. The number of pyridine rings is 2. The number of hydrogen-bond donors (Lipinski definition) is 1. The predicted octanol–water partition coefficient (Wildman–Crippen LogP) is 5.62. The van der Waals surface area contributed by atoms with E-state index >= 15 is 0 Å². The van der Waals surface area contributed by atoms with Crippen LogP contribution in [0.25, 0.3) is 33.3 Å². The molecule has 5 heteroatoms. The molecular weight excluding hydrogens is 410 g/mol. The van der Waals surface area contributed by atoms with Crippen LogP contribution in [0.3, 0.4) is 0 Å². The minimum absolute atomic E-state index is 0.525. The van der Waals surface area contributed by atoms with Crippen molar-refractivity contribution in [3.63, 3.8) is 0 Å². The number of ether oxygens (including phenoxy) is 2. The molecular formula is C28H29N3O2. The van der Waals surface area contributed by atoms with E-state index in [1.54, 1.807) is 6.20 Å². The third-order valence-electron chi connectivity index (χ3n) is 6.36. The minimum Gasteiger partial charge on any atom is -0.477 e. The van der Waals surface area contributed by atoms with Crippen LogP contribution < -0.4 is 10.5 Å². The summed E-state index contributed by atoms with van der Waals surface area (Å²) in [5.74, 6) is 1.31. The van der Waals surface area contributed by atoms with Gasteiger partial charge >= 0.3 is 0 Å². The van der Waals surface area contributed by atoms with Crippen molar-refractivity contribution < 1.29 is 9.47 Å². The number of aromatic nitrogens is 2. The molecule has 0 amide bonds. The molecule has 0 unspecified atom stereocenters. The molecule has 2 N–H and O–H groups in total. The standard InChI is InChI=1S/C28H29N3O2/c29-19-21-6-8-23(9-7-21)27-24(22-4-2-1-3-5-22)18-25-26(31-27)10-14-30-28(25)33-17-13-20-11-15-32-16-12-20/h1-10,14,18,20H,11-13,15-17,19,29H2. The van der Waals surface area contributed by atoms with Gasteiger partial charge in [0.05, 0.1) is 23.2 Å². The van der Waals surface area contributed by atoms with Crippen molar-refractivity contribution in [2.24, 2.45) is 11.7 Å². The Hall–Kier alpha value is -3.28. The molecule has 4 aromatic rings. The van der Waals surface area contributed by atoms with E-state index in [2.05, 4.69) is 59.6 Å². The third-order valence-corrected chi connectivity index (χ3v) is 6.36. The largest absolute Gasteiger partial charge is 0.477 e. The summed E-state index contributed by atoms with van der Waals surface area (Å²) >= 11 is 0. The van der Waals surface area contributed by atoms with E-state index in [4.69, 9.17) is 20.2 Å². The fourth-order valence-electron chi connectivity index (χ4n) is 4.40. The molecule has 3 heterocycles. The lowest BCUT2D eigenvalue weighted by Gasteiger charge is -2.21. The van der Waals surface area contributed by atoms with Gasteiger partial charge in [-0.05, 0) is 48.4 Å². The lowest BCUT2D eigenvalue weighted by Crippen LogP contribution is -2.18. The molecule has 5 rings (SSSR count). The van der Waals surface area contributed by atoms with Gasteiger partial charge in [0, 0.05) is 37.1 Å². The number of fused-ring (bicyclic) bond motifs is 1. The summed E-state index contributed by atoms with van der Waals surface area (Å²) in [5.41, 5.74) is 12.0. The molecule has 0 aliphatic carbocycles. The first-order valence-corrected chi connectivity index (χ1v) is 11.7. The van der Waals surface area contributed by atoms with Gasteiger partial charge in [-0.25, -0.2) is 9.97 Å². The first kappa shape index (κ1) is 21.6. The molecule has 2 aromatic carbocycles. The Kier molecular flexibility index (Phi) is 6.61. The van der Waals surface area contributed by atoms with Gasteiger partial charge in [0.15, 0.2) is 0 Å². The van der Waals surface area contributed by atoms with Gasteiger partial charge in [0.2, 0.25) is 5.88 Å². The summed E-state index contributed by atoms with van der Waals surface area (Å²) in [4.78, 5) is 9.62. The maximum atomic E-state index is 6.18. The van der Waals surface area contributed by atoms with Crippen LogP contribution in [-0.2, 0) is 11.3 Å². The van der Waals surface area contributed by atoms with Crippen molar-refractivity contribution in [3.8, 4) is 28.3 Å². The second-order valence-corrected chi connectivity index (χ2v) is 8.53. The second-order valence-electron chi connectivity index (χ2n) is 8.53. The molecule has 5 nitrogen and oxygen atoms in total. The molecule has 168 valence electrons. The highest BCUT2D eigenvalue weighted by molar-refractivity contribution is 5.93. The van der Waals surface area contributed by atoms with Crippen LogP contribution >= 0.6 is 0 Å². The summed E-state index contributed by atoms with van der Waals surface area (Å²) in [6, 6.07) is 22.8. The average Bonchev–Trinajstić information content (AvgIpc) is 2.89. The molecule has 0 spiro atoms. The quantitative estimate of drug-likeness (QED) is 0.405. The molecule has 33 heavy (non-hydrogen) atoms. The Morgan fingerprint density at radius 1 is 0.939 bits per heavy atom. The Morgan fingerprint density at radius 3 is 2.48 bits per heavy atom. The molecule has 1 aliphatic rings. The van der Waals surface area contributed by atoms with E-state index in [1.165, 1.54) is 0 Å². The van der Waals surface area contributed by atoms with E-state index in [-0.39, 0.29) is 0 Å². The van der Waals surface area contributed by atoms with E-state index in [0.717, 1.165) is 71.3 Å². The summed E-state index contributed by atoms with van der Waals surface area (Å²) in [7, 11) is 0. The van der Waals surface area contributed by atoms with Crippen LogP contribution in [0.2, 0.25) is 0 Å². The van der Waals surface area contributed by atoms with E-state index < -0.39 is 0 Å². The van der Waals surface area contributed by atoms with Crippen molar-refractivity contribution >= 4 is 10.9 Å². The van der Waals surface area contributed by atoms with Gasteiger partial charge in [0.1, 0.15) is 0 Å². The third kappa shape index (κ3) is 4.90. The fraction of sp³-hybridized carbons (Fsp3) is 0.286. The zero-order chi connectivity index (χ0) is 22.5. The van der Waals surface area contributed by atoms with Crippen LogP contribution in [0.5, 0.6) is 5.88 Å². The van der Waals surface area contributed by atoms with E-state index in [0.29, 0.717) is 24.9 Å². The molecule has 1 saturated heterocycles. The maximum absolute atomic E-state index is 6.18. The number of rotatable bonds is 7. The van der Waals surface area contributed by atoms with E-state index in [1.807, 2.05) is 12.1 Å². The molecule has 0 atom stereocenters. The number of hydrogen-bond acceptors (Lipinski definition) is 5. The van der Waals surface area contributed by atoms with Crippen molar-refractivity contribution in [1.82, 2.24) is 9.97 Å². The predicted molar refractivity (Wildman–Crippen MR) is 132 cm³/mol. The van der Waals surface area contributed by atoms with Crippen molar-refractivity contribution in [2.45, 2.75) is 25.8 Å². The summed E-state index contributed by atoms with van der Waals surface area (Å²) in [6.07, 6.45) is 5.02. The van der Waals surface area contributed by atoms with Gasteiger partial charge in [0.25, 0.3) is 0 Å². The lowest BCUT2D eigenvalue weighted by atomic mass is 9.97. The van der Waals surface area contributed by atoms with Crippen LogP contribution in [-0.4, -0.2) is 29.8 Å². The zero-order valence-corrected chi connectivity index (χ0v) is 18.7. The zero-order valence-electron chi connectivity index (χ0n) is 18.7. The van der Waals surface area contributed by atoms with Crippen molar-refractivity contribution in [1.29, 1.82) is 0 Å². The van der Waals surface area contributed by atoms with Crippen molar-refractivity contribution in [3.05, 3.63) is 78.5 Å². The Morgan fingerprint density at radius 2 is 1.73 bits per heavy atom. The average molecular weight is 440 g/mol. The molecule has 0 saturated carbocycles. The SMILES string of the molecule is NCc1ccc(-c2nc3ccnc(OCCC4CCOCC4)c3cc2-c2ccccc2)cc1. The highest BCUT2D eigenvalue weighted by atomic mass is 16.5. The van der Waals surface area contributed by atoms with Gasteiger partial charge in [-0.1, -0.05) is 54.6 Å². The maximum Gasteiger partial charge on any atom is 0.222 e. The topological polar surface area (TPSA) is 70.3 Å². The number of nitrogens with zero attached hydrogens (tertiary/aromatic N) is 2. The Bertz CT molecular complexity index is 1200. The molecule has 0 bridgehead atoms. The molecule has 2 aromatic heterocycles. The Balaban J connectivity index is 1.52. The van der Waals surface area contributed by atoms with Gasteiger partial charge < -0.3 is 15.2 Å². The summed E-state index contributed by atoms with van der Waals surface area (Å²) in [6.45, 7) is 2.89. The second kappa shape index (κ2) is 10.1. The van der Waals surface area contributed by atoms with Crippen molar-refractivity contribution in [2.75, 3.05) is 19.8 Å². The fourth-order valence-corrected chi connectivity index (χ4v) is 4.40. The lowest BCUT2D eigenvalue weighted by molar-refractivity contribution is 0.0592.